The predicted octanol–water partition coefficient (Wildman–Crippen LogP) is 2.38. The van der Waals surface area contributed by atoms with Gasteiger partial charge in [0.25, 0.3) is 5.70 Å². The molecule has 0 amide bonds. The van der Waals surface area contributed by atoms with Crippen LogP contribution in [0.5, 0.6) is 0 Å². The highest BCUT2D eigenvalue weighted by Gasteiger charge is 2.43. The van der Waals surface area contributed by atoms with E-state index < -0.39 is 35.0 Å². The Morgan fingerprint density at radius 1 is 1.50 bits per heavy atom. The molecule has 0 aromatic carbocycles. The summed E-state index contributed by atoms with van der Waals surface area (Å²) in [5.41, 5.74) is -2.59. The maximum absolute atomic E-state index is 12.6. The summed E-state index contributed by atoms with van der Waals surface area (Å²) in [5.74, 6) is 0. The van der Waals surface area contributed by atoms with Gasteiger partial charge >= 0.3 is 6.18 Å². The summed E-state index contributed by atoms with van der Waals surface area (Å²) in [6.07, 6.45) is -6.21. The van der Waals surface area contributed by atoms with Crippen molar-refractivity contribution in [1.82, 2.24) is 0 Å². The highest BCUT2D eigenvalue weighted by molar-refractivity contribution is 5.33. The van der Waals surface area contributed by atoms with Gasteiger partial charge in [-0.2, -0.15) is 13.2 Å². The van der Waals surface area contributed by atoms with E-state index >= 15 is 0 Å². The van der Waals surface area contributed by atoms with Crippen molar-refractivity contribution in [3.8, 4) is 0 Å². The van der Waals surface area contributed by atoms with Crippen molar-refractivity contribution in [2.45, 2.75) is 18.8 Å². The summed E-state index contributed by atoms with van der Waals surface area (Å²) in [6.45, 7) is 0. The molecule has 0 radical (unpaired) electrons. The zero-order chi connectivity index (χ0) is 10.9. The van der Waals surface area contributed by atoms with Crippen molar-refractivity contribution >= 4 is 0 Å². The zero-order valence-corrected chi connectivity index (χ0v) is 6.71. The van der Waals surface area contributed by atoms with Gasteiger partial charge in [-0.05, 0) is 12.2 Å². The maximum Gasteiger partial charge on any atom is 0.422 e. The lowest BCUT2D eigenvalue weighted by Crippen LogP contribution is -2.22. The Morgan fingerprint density at radius 3 is 2.50 bits per heavy atom. The largest absolute Gasteiger partial charge is 0.422 e. The summed E-state index contributed by atoms with van der Waals surface area (Å²) >= 11 is 0. The van der Waals surface area contributed by atoms with Gasteiger partial charge in [0.1, 0.15) is 11.7 Å². The van der Waals surface area contributed by atoms with E-state index in [4.69, 9.17) is 0 Å². The Labute approximate surface area is 75.9 Å². The van der Waals surface area contributed by atoms with Crippen LogP contribution in [0.2, 0.25) is 0 Å². The third-order valence-corrected chi connectivity index (χ3v) is 1.66. The lowest BCUT2D eigenvalue weighted by molar-refractivity contribution is -0.424. The molecule has 0 spiro atoms. The van der Waals surface area contributed by atoms with Gasteiger partial charge < -0.3 is 0 Å². The monoisotopic (exact) mass is 211 g/mol. The molecule has 1 unspecified atom stereocenters. The number of nitrogens with zero attached hydrogens (tertiary/aromatic N) is 1. The summed E-state index contributed by atoms with van der Waals surface area (Å²) in [6, 6.07) is 0. The average Bonchev–Trinajstić information content (AvgIpc) is 2.01. The molecule has 78 valence electrons. The highest BCUT2D eigenvalue weighted by atomic mass is 19.4. The molecule has 3 nitrogen and oxygen atoms in total. The fourth-order valence-electron chi connectivity index (χ4n) is 1.08. The van der Waals surface area contributed by atoms with E-state index in [1.807, 2.05) is 0 Å². The first-order chi connectivity index (χ1) is 6.32. The molecule has 1 rings (SSSR count). The summed E-state index contributed by atoms with van der Waals surface area (Å²) in [7, 11) is 0. The van der Waals surface area contributed by atoms with Crippen LogP contribution in [0, 0.1) is 10.1 Å². The Bertz CT molecular complexity index is 318. The molecule has 0 aromatic heterocycles. The van der Waals surface area contributed by atoms with E-state index in [0.717, 1.165) is 0 Å². The molecule has 0 aliphatic heterocycles. The normalized spacial score (nSPS) is 22.7. The smallest absolute Gasteiger partial charge is 0.258 e. The van der Waals surface area contributed by atoms with E-state index in [2.05, 4.69) is 0 Å². The molecular weight excluding hydrogens is 206 g/mol. The first-order valence-corrected chi connectivity index (χ1v) is 3.60. The Hall–Kier alpha value is -1.40. The Balaban J connectivity index is 3.09. The minimum atomic E-state index is -4.89. The number of hydrogen-bond acceptors (Lipinski definition) is 2. The standard InChI is InChI=1S/C7H5F4NO2/c8-4-1-2-6(12(13)14)5(3-4)7(9,10)11/h2-4H,1H2. The molecule has 0 saturated carbocycles. The zero-order valence-electron chi connectivity index (χ0n) is 6.71. The second kappa shape index (κ2) is 3.39. The Kier molecular flexibility index (Phi) is 2.59. The minimum Gasteiger partial charge on any atom is -0.258 e. The summed E-state index contributed by atoms with van der Waals surface area (Å²) in [5, 5.41) is 10.2. The SMILES string of the molecule is O=[N+]([O-])C1=CCC(F)C=C1C(F)(F)F. The first-order valence-electron chi connectivity index (χ1n) is 3.60. The lowest BCUT2D eigenvalue weighted by Gasteiger charge is -2.14. The summed E-state index contributed by atoms with van der Waals surface area (Å²) < 4.78 is 49.0. The van der Waals surface area contributed by atoms with Crippen LogP contribution in [0.1, 0.15) is 6.42 Å². The number of halogens is 4. The topological polar surface area (TPSA) is 43.1 Å². The van der Waals surface area contributed by atoms with Crippen molar-refractivity contribution in [1.29, 1.82) is 0 Å². The van der Waals surface area contributed by atoms with Crippen molar-refractivity contribution in [3.63, 3.8) is 0 Å². The quantitative estimate of drug-likeness (QED) is 0.379. The number of hydrogen-bond donors (Lipinski definition) is 0. The van der Waals surface area contributed by atoms with E-state index in [9.17, 15) is 27.7 Å². The van der Waals surface area contributed by atoms with Gasteiger partial charge in [-0.3, -0.25) is 10.1 Å². The van der Waals surface area contributed by atoms with Crippen LogP contribution in [0.25, 0.3) is 0 Å². The molecule has 0 fully saturated rings. The molecule has 1 aliphatic rings. The molecule has 0 heterocycles. The predicted molar refractivity (Wildman–Crippen MR) is 38.7 cm³/mol. The van der Waals surface area contributed by atoms with Crippen molar-refractivity contribution in [2.24, 2.45) is 0 Å². The fourth-order valence-corrected chi connectivity index (χ4v) is 1.08. The molecule has 7 heteroatoms. The van der Waals surface area contributed by atoms with E-state index in [1.165, 1.54) is 0 Å². The second-order valence-electron chi connectivity index (χ2n) is 2.68. The number of nitro groups is 1. The molecule has 0 aromatic rings. The van der Waals surface area contributed by atoms with Crippen LogP contribution in [-0.2, 0) is 0 Å². The maximum atomic E-state index is 12.6. The highest BCUT2D eigenvalue weighted by Crippen LogP contribution is 2.35. The molecule has 0 N–H and O–H groups in total. The Morgan fingerprint density at radius 2 is 2.07 bits per heavy atom. The van der Waals surface area contributed by atoms with E-state index in [0.29, 0.717) is 6.08 Å². The van der Waals surface area contributed by atoms with Gasteiger partial charge in [-0.1, -0.05) is 0 Å². The molecule has 1 atom stereocenters. The van der Waals surface area contributed by atoms with E-state index in [1.54, 1.807) is 0 Å². The summed E-state index contributed by atoms with van der Waals surface area (Å²) in [4.78, 5) is 9.03. The molecule has 1 aliphatic carbocycles. The van der Waals surface area contributed by atoms with Crippen LogP contribution in [0.15, 0.2) is 23.4 Å². The number of rotatable bonds is 1. The van der Waals surface area contributed by atoms with Gasteiger partial charge in [-0.25, -0.2) is 4.39 Å². The van der Waals surface area contributed by atoms with Crippen LogP contribution < -0.4 is 0 Å². The van der Waals surface area contributed by atoms with E-state index in [-0.39, 0.29) is 6.08 Å². The van der Waals surface area contributed by atoms with Crippen molar-refractivity contribution in [2.75, 3.05) is 0 Å². The third kappa shape index (κ3) is 2.09. The van der Waals surface area contributed by atoms with Gasteiger partial charge in [0, 0.05) is 6.42 Å². The van der Waals surface area contributed by atoms with Crippen molar-refractivity contribution < 1.29 is 22.5 Å². The molecular formula is C7H5F4NO2. The third-order valence-electron chi connectivity index (χ3n) is 1.66. The van der Waals surface area contributed by atoms with Gasteiger partial charge in [0.05, 0.1) is 4.92 Å². The number of alkyl halides is 4. The minimum absolute atomic E-state index is 0.234. The van der Waals surface area contributed by atoms with Crippen molar-refractivity contribution in [3.05, 3.63) is 33.5 Å². The average molecular weight is 211 g/mol. The molecule has 0 bridgehead atoms. The van der Waals surface area contributed by atoms with Crippen LogP contribution in [-0.4, -0.2) is 17.3 Å². The molecule has 14 heavy (non-hydrogen) atoms. The molecule has 0 saturated heterocycles. The second-order valence-corrected chi connectivity index (χ2v) is 2.68. The van der Waals surface area contributed by atoms with Crippen LogP contribution in [0.3, 0.4) is 0 Å². The number of allylic oxidation sites excluding steroid dienone is 3. The van der Waals surface area contributed by atoms with Gasteiger partial charge in [0.15, 0.2) is 0 Å². The van der Waals surface area contributed by atoms with Crippen LogP contribution in [0.4, 0.5) is 17.6 Å². The first kappa shape index (κ1) is 10.7. The van der Waals surface area contributed by atoms with Gasteiger partial charge in [-0.15, -0.1) is 0 Å². The van der Waals surface area contributed by atoms with Crippen LogP contribution >= 0.6 is 0 Å². The lowest BCUT2D eigenvalue weighted by atomic mass is 10.0. The fraction of sp³-hybridized carbons (Fsp3) is 0.429. The van der Waals surface area contributed by atoms with Gasteiger partial charge in [0.2, 0.25) is 0 Å².